The molecule has 2 fully saturated rings. The SMILES string of the molecule is O=[C-]c1cccnc1N([C-]=O)Cc1ccc(P)c(C(=O)N2CCN(C(=O)C3CCCC3)CC2)c1.[Nb+2]. The topological polar surface area (TPSA) is 90.9 Å². The van der Waals surface area contributed by atoms with E-state index in [1.54, 1.807) is 29.4 Å². The number of anilines is 1. The Hall–Kier alpha value is -2.38. The number of carbonyl (C=O) groups is 2. The van der Waals surface area contributed by atoms with Crippen molar-refractivity contribution < 1.29 is 41.6 Å². The average molecular weight is 571 g/mol. The minimum Gasteiger partial charge on any atom is -0.459 e. The normalized spacial score (nSPS) is 15.9. The van der Waals surface area contributed by atoms with Crippen molar-refractivity contribution in [3.63, 3.8) is 0 Å². The van der Waals surface area contributed by atoms with Crippen LogP contribution in [0.15, 0.2) is 36.5 Å². The molecule has 181 valence electrons. The molecule has 1 aliphatic carbocycles. The monoisotopic (exact) mass is 571 g/mol. The molecule has 2 aromatic rings. The van der Waals surface area contributed by atoms with Crippen molar-refractivity contribution in [3.8, 4) is 0 Å². The van der Waals surface area contributed by atoms with Crippen LogP contribution in [0.1, 0.15) is 47.2 Å². The Kier molecular flexibility index (Phi) is 9.75. The van der Waals surface area contributed by atoms with Crippen LogP contribution in [0.2, 0.25) is 0 Å². The van der Waals surface area contributed by atoms with Crippen LogP contribution in [0.25, 0.3) is 0 Å². The number of pyridine rings is 1. The molecule has 1 aromatic carbocycles. The Morgan fingerprint density at radius 1 is 1.06 bits per heavy atom. The van der Waals surface area contributed by atoms with Crippen molar-refractivity contribution >= 4 is 44.9 Å². The molecule has 1 aromatic heterocycles. The predicted octanol–water partition coefficient (Wildman–Crippen LogP) is 1.59. The van der Waals surface area contributed by atoms with Crippen molar-refractivity contribution in [3.05, 3.63) is 53.2 Å². The Morgan fingerprint density at radius 2 is 1.74 bits per heavy atom. The van der Waals surface area contributed by atoms with E-state index in [-0.39, 0.29) is 58.0 Å². The maximum atomic E-state index is 13.3. The summed E-state index contributed by atoms with van der Waals surface area (Å²) in [6, 6.07) is 8.49. The van der Waals surface area contributed by atoms with Crippen molar-refractivity contribution in [2.24, 2.45) is 5.92 Å². The van der Waals surface area contributed by atoms with E-state index in [9.17, 15) is 19.2 Å². The van der Waals surface area contributed by atoms with Crippen molar-refractivity contribution in [1.29, 1.82) is 0 Å². The molecule has 1 unspecified atom stereocenters. The largest absolute Gasteiger partial charge is 2.00 e. The number of hydrogen-bond acceptors (Lipinski definition) is 5. The van der Waals surface area contributed by atoms with Gasteiger partial charge in [-0.1, -0.05) is 25.0 Å². The van der Waals surface area contributed by atoms with Gasteiger partial charge in [0.15, 0.2) is 0 Å². The van der Waals surface area contributed by atoms with Crippen LogP contribution < -0.4 is 10.2 Å². The van der Waals surface area contributed by atoms with E-state index < -0.39 is 0 Å². The molecule has 3 amide bonds. The second kappa shape index (κ2) is 12.5. The van der Waals surface area contributed by atoms with E-state index in [0.717, 1.165) is 31.0 Å². The van der Waals surface area contributed by atoms with Crippen LogP contribution in [-0.4, -0.2) is 65.5 Å². The summed E-state index contributed by atoms with van der Waals surface area (Å²) in [5.74, 6) is 0.427. The number of aromatic nitrogens is 1. The molecule has 4 rings (SSSR count). The van der Waals surface area contributed by atoms with Crippen LogP contribution in [0.3, 0.4) is 0 Å². The first-order chi connectivity index (χ1) is 16.5. The quantitative estimate of drug-likeness (QED) is 0.218. The summed E-state index contributed by atoms with van der Waals surface area (Å²) in [4.78, 5) is 57.8. The number of hydrogen-bond donors (Lipinski definition) is 0. The Bertz CT molecular complexity index is 1080. The molecule has 10 heteroatoms. The fourth-order valence-electron chi connectivity index (χ4n) is 4.64. The predicted molar refractivity (Wildman–Crippen MR) is 131 cm³/mol. The zero-order chi connectivity index (χ0) is 24.1. The third-order valence-corrected chi connectivity index (χ3v) is 7.04. The summed E-state index contributed by atoms with van der Waals surface area (Å²) >= 11 is 0. The minimum atomic E-state index is -0.110. The van der Waals surface area contributed by atoms with E-state index in [0.29, 0.717) is 37.3 Å². The molecular weight excluding hydrogens is 544 g/mol. The van der Waals surface area contributed by atoms with Gasteiger partial charge in [0.2, 0.25) is 5.91 Å². The molecule has 2 aliphatic rings. The molecule has 1 atom stereocenters. The smallest absolute Gasteiger partial charge is 0.459 e. The van der Waals surface area contributed by atoms with Gasteiger partial charge < -0.3 is 29.3 Å². The first-order valence-electron chi connectivity index (χ1n) is 11.5. The number of piperazine rings is 1. The summed E-state index contributed by atoms with van der Waals surface area (Å²) in [5, 5.41) is 0.750. The molecule has 1 radical (unpaired) electrons. The molecular formula is C25H27N4NbO4P. The number of rotatable bonds is 7. The zero-order valence-electron chi connectivity index (χ0n) is 19.4. The van der Waals surface area contributed by atoms with E-state index in [1.165, 1.54) is 17.2 Å². The second-order valence-corrected chi connectivity index (χ2v) is 9.30. The average Bonchev–Trinajstić information content (AvgIpc) is 3.42. The fraction of sp³-hybridized carbons (Fsp3) is 0.400. The van der Waals surface area contributed by atoms with Gasteiger partial charge in [-0.2, -0.15) is 6.07 Å². The Balaban J connectivity index is 0.00000342. The van der Waals surface area contributed by atoms with Crippen molar-refractivity contribution in [2.45, 2.75) is 32.2 Å². The summed E-state index contributed by atoms with van der Waals surface area (Å²) in [7, 11) is 2.58. The van der Waals surface area contributed by atoms with Crippen molar-refractivity contribution in [2.75, 3.05) is 31.1 Å². The Morgan fingerprint density at radius 3 is 2.40 bits per heavy atom. The molecule has 35 heavy (non-hydrogen) atoms. The van der Waals surface area contributed by atoms with E-state index in [4.69, 9.17) is 0 Å². The van der Waals surface area contributed by atoms with E-state index in [1.807, 2.05) is 17.4 Å². The summed E-state index contributed by atoms with van der Waals surface area (Å²) in [5.41, 5.74) is 1.39. The Labute approximate surface area is 223 Å². The van der Waals surface area contributed by atoms with Gasteiger partial charge in [0.25, 0.3) is 5.91 Å². The van der Waals surface area contributed by atoms with Crippen LogP contribution in [-0.2, 0) is 43.3 Å². The standard InChI is InChI=1S/C25H27N4O4P.Nb/c30-16-20-6-3-9-26-23(20)29(17-31)15-18-7-8-22(34)21(14-18)25(33)28-12-10-27(11-13-28)24(32)19-4-1-2-5-19;/h3,6-9,14,19H,1-2,4-5,10-13,15,34H2;/q-2;+2. The third-order valence-electron chi connectivity index (χ3n) is 6.53. The van der Waals surface area contributed by atoms with Crippen molar-refractivity contribution in [1.82, 2.24) is 14.8 Å². The number of amides is 3. The molecule has 1 aliphatic heterocycles. The number of carbonyl (C=O) groups excluding carboxylic acids is 4. The van der Waals surface area contributed by atoms with Gasteiger partial charge in [0, 0.05) is 44.2 Å². The molecule has 0 bridgehead atoms. The third kappa shape index (κ3) is 6.25. The minimum absolute atomic E-state index is 0. The maximum Gasteiger partial charge on any atom is 2.00 e. The molecule has 2 heterocycles. The summed E-state index contributed by atoms with van der Waals surface area (Å²) in [6.45, 7) is 2.18. The van der Waals surface area contributed by atoms with Gasteiger partial charge in [0.05, 0.1) is 12.7 Å². The van der Waals surface area contributed by atoms with Crippen LogP contribution in [0.5, 0.6) is 0 Å². The van der Waals surface area contributed by atoms with Crippen LogP contribution in [0, 0.1) is 5.92 Å². The fourth-order valence-corrected chi connectivity index (χ4v) is 4.95. The molecule has 1 saturated heterocycles. The van der Waals surface area contributed by atoms with Crippen LogP contribution in [0.4, 0.5) is 5.82 Å². The second-order valence-electron chi connectivity index (χ2n) is 8.67. The zero-order valence-corrected chi connectivity index (χ0v) is 22.7. The molecule has 0 N–H and O–H groups in total. The molecule has 1 saturated carbocycles. The van der Waals surface area contributed by atoms with Gasteiger partial charge >= 0.3 is 22.4 Å². The van der Waals surface area contributed by atoms with Crippen LogP contribution >= 0.6 is 9.24 Å². The van der Waals surface area contributed by atoms with E-state index in [2.05, 4.69) is 14.2 Å². The molecule has 8 nitrogen and oxygen atoms in total. The van der Waals surface area contributed by atoms with Gasteiger partial charge in [-0.05, 0) is 41.8 Å². The first-order valence-corrected chi connectivity index (χ1v) is 12.0. The van der Waals surface area contributed by atoms with Gasteiger partial charge in [-0.3, -0.25) is 9.59 Å². The molecule has 0 spiro atoms. The summed E-state index contributed by atoms with van der Waals surface area (Å²) < 4.78 is 0. The van der Waals surface area contributed by atoms with Gasteiger partial charge in [0.1, 0.15) is 0 Å². The summed E-state index contributed by atoms with van der Waals surface area (Å²) in [6.07, 6.45) is 9.27. The van der Waals surface area contributed by atoms with E-state index >= 15 is 0 Å². The first kappa shape index (κ1) is 27.2. The number of nitrogens with zero attached hydrogens (tertiary/aromatic N) is 4. The number of benzene rings is 1. The van der Waals surface area contributed by atoms with Gasteiger partial charge in [-0.25, -0.2) is 0 Å². The van der Waals surface area contributed by atoms with Gasteiger partial charge in [-0.15, -0.1) is 20.9 Å². The maximum absolute atomic E-state index is 13.3.